The summed E-state index contributed by atoms with van der Waals surface area (Å²) in [5.74, 6) is -0.398. The van der Waals surface area contributed by atoms with Gasteiger partial charge in [-0.1, -0.05) is 51.8 Å². The van der Waals surface area contributed by atoms with Crippen molar-refractivity contribution in [3.63, 3.8) is 0 Å². The highest BCUT2D eigenvalue weighted by molar-refractivity contribution is 9.10. The minimum atomic E-state index is -0.208. The highest BCUT2D eigenvalue weighted by Crippen LogP contribution is 2.22. The Morgan fingerprint density at radius 1 is 1.03 bits per heavy atom. The van der Waals surface area contributed by atoms with Gasteiger partial charge in [-0.25, -0.2) is 5.43 Å². The van der Waals surface area contributed by atoms with Gasteiger partial charge in [0.15, 0.2) is 0 Å². The quantitative estimate of drug-likeness (QED) is 0.354. The van der Waals surface area contributed by atoms with Gasteiger partial charge in [0.2, 0.25) is 5.91 Å². The van der Waals surface area contributed by atoms with E-state index in [1.54, 1.807) is 31.2 Å². The van der Waals surface area contributed by atoms with Crippen molar-refractivity contribution in [2.45, 2.75) is 13.3 Å². The van der Waals surface area contributed by atoms with Crippen LogP contribution in [0.4, 0.5) is 5.69 Å². The fourth-order valence-electron chi connectivity index (χ4n) is 2.46. The molecule has 3 aromatic rings. The molecule has 148 valence electrons. The summed E-state index contributed by atoms with van der Waals surface area (Å²) in [7, 11) is 0. The molecular formula is C21H17BrClN3O2S. The van der Waals surface area contributed by atoms with E-state index < -0.39 is 0 Å². The van der Waals surface area contributed by atoms with Crippen LogP contribution in [0.25, 0.3) is 0 Å². The van der Waals surface area contributed by atoms with Crippen molar-refractivity contribution in [2.24, 2.45) is 5.10 Å². The first-order chi connectivity index (χ1) is 13.9. The monoisotopic (exact) mass is 489 g/mol. The summed E-state index contributed by atoms with van der Waals surface area (Å²) in [6, 6.07) is 18.2. The molecule has 0 bridgehead atoms. The first kappa shape index (κ1) is 21.2. The van der Waals surface area contributed by atoms with Crippen LogP contribution in [0.2, 0.25) is 4.34 Å². The van der Waals surface area contributed by atoms with Crippen LogP contribution in [0, 0.1) is 0 Å². The van der Waals surface area contributed by atoms with Gasteiger partial charge < -0.3 is 5.32 Å². The van der Waals surface area contributed by atoms with Gasteiger partial charge in [-0.3, -0.25) is 9.59 Å². The molecule has 2 aromatic carbocycles. The summed E-state index contributed by atoms with van der Waals surface area (Å²) in [4.78, 5) is 24.8. The highest BCUT2D eigenvalue weighted by Gasteiger charge is 2.09. The molecule has 0 aliphatic heterocycles. The Bertz CT molecular complexity index is 1050. The molecule has 0 saturated carbocycles. The van der Waals surface area contributed by atoms with Gasteiger partial charge in [-0.15, -0.1) is 11.3 Å². The molecule has 1 aromatic heterocycles. The minimum absolute atomic E-state index is 0.190. The minimum Gasteiger partial charge on any atom is -0.321 e. The molecule has 1 heterocycles. The van der Waals surface area contributed by atoms with E-state index in [1.807, 2.05) is 36.4 Å². The van der Waals surface area contributed by atoms with Crippen molar-refractivity contribution < 1.29 is 9.59 Å². The van der Waals surface area contributed by atoms with E-state index in [9.17, 15) is 9.59 Å². The molecule has 0 atom stereocenters. The number of anilines is 1. The van der Waals surface area contributed by atoms with Crippen molar-refractivity contribution in [3.8, 4) is 0 Å². The standard InChI is InChI=1S/C21H17BrClN3O2S/c1-13(25-26-20(27)12-14-2-6-16(22)7-3-14)15-4-8-17(9-5-15)24-21(28)18-10-11-19(23)29-18/h2-11H,12H2,1H3,(H,24,28)(H,26,27)/b25-13-. The van der Waals surface area contributed by atoms with E-state index in [-0.39, 0.29) is 18.2 Å². The van der Waals surface area contributed by atoms with Crippen molar-refractivity contribution >= 4 is 62.1 Å². The topological polar surface area (TPSA) is 70.6 Å². The number of nitrogens with one attached hydrogen (secondary N) is 2. The lowest BCUT2D eigenvalue weighted by atomic mass is 10.1. The number of carbonyl (C=O) groups is 2. The Hall–Kier alpha value is -2.48. The number of halogens is 2. The number of carbonyl (C=O) groups excluding carboxylic acids is 2. The van der Waals surface area contributed by atoms with Crippen LogP contribution < -0.4 is 10.7 Å². The van der Waals surface area contributed by atoms with Gasteiger partial charge in [0.05, 0.1) is 21.3 Å². The normalized spacial score (nSPS) is 11.2. The molecule has 0 spiro atoms. The number of hydrogen-bond donors (Lipinski definition) is 2. The third kappa shape index (κ3) is 6.25. The van der Waals surface area contributed by atoms with E-state index in [2.05, 4.69) is 31.8 Å². The first-order valence-electron chi connectivity index (χ1n) is 8.65. The van der Waals surface area contributed by atoms with Crippen molar-refractivity contribution in [1.29, 1.82) is 0 Å². The summed E-state index contributed by atoms with van der Waals surface area (Å²) in [5, 5.41) is 6.98. The number of rotatable bonds is 6. The predicted molar refractivity (Wildman–Crippen MR) is 122 cm³/mol. The molecule has 29 heavy (non-hydrogen) atoms. The number of amides is 2. The van der Waals surface area contributed by atoms with Gasteiger partial charge in [0, 0.05) is 10.2 Å². The Labute approximate surface area is 185 Å². The summed E-state index contributed by atoms with van der Waals surface area (Å²) < 4.78 is 1.54. The van der Waals surface area contributed by atoms with Gasteiger partial charge in [0.25, 0.3) is 5.91 Å². The zero-order valence-corrected chi connectivity index (χ0v) is 18.6. The lowest BCUT2D eigenvalue weighted by molar-refractivity contribution is -0.120. The van der Waals surface area contributed by atoms with Crippen molar-refractivity contribution in [1.82, 2.24) is 5.43 Å². The van der Waals surface area contributed by atoms with E-state index in [0.29, 0.717) is 20.6 Å². The second kappa shape index (κ2) is 9.82. The Balaban J connectivity index is 1.56. The average Bonchev–Trinajstić information content (AvgIpc) is 3.15. The van der Waals surface area contributed by atoms with Crippen LogP contribution in [0.3, 0.4) is 0 Å². The van der Waals surface area contributed by atoms with Crippen LogP contribution in [0.5, 0.6) is 0 Å². The lowest BCUT2D eigenvalue weighted by Gasteiger charge is -2.06. The molecule has 5 nitrogen and oxygen atoms in total. The summed E-state index contributed by atoms with van der Waals surface area (Å²) in [6.45, 7) is 1.81. The molecule has 0 fully saturated rings. The van der Waals surface area contributed by atoms with Crippen LogP contribution >= 0.6 is 38.9 Å². The van der Waals surface area contributed by atoms with Crippen LogP contribution in [-0.4, -0.2) is 17.5 Å². The second-order valence-electron chi connectivity index (χ2n) is 6.17. The van der Waals surface area contributed by atoms with E-state index in [4.69, 9.17) is 11.6 Å². The first-order valence-corrected chi connectivity index (χ1v) is 10.6. The third-order valence-corrected chi connectivity index (χ3v) is 5.74. The van der Waals surface area contributed by atoms with E-state index in [0.717, 1.165) is 15.6 Å². The van der Waals surface area contributed by atoms with Gasteiger partial charge in [-0.2, -0.15) is 5.10 Å². The maximum Gasteiger partial charge on any atom is 0.265 e. The number of hydrogen-bond acceptors (Lipinski definition) is 4. The fraction of sp³-hybridized carbons (Fsp3) is 0.0952. The number of hydrazone groups is 1. The average molecular weight is 491 g/mol. The van der Waals surface area contributed by atoms with Crippen LogP contribution in [0.15, 0.2) is 70.2 Å². The molecule has 2 N–H and O–H groups in total. The number of nitrogens with zero attached hydrogens (tertiary/aromatic N) is 1. The molecular weight excluding hydrogens is 474 g/mol. The fourth-order valence-corrected chi connectivity index (χ4v) is 3.66. The highest BCUT2D eigenvalue weighted by atomic mass is 79.9. The van der Waals surface area contributed by atoms with Gasteiger partial charge in [0.1, 0.15) is 0 Å². The van der Waals surface area contributed by atoms with Gasteiger partial charge >= 0.3 is 0 Å². The zero-order chi connectivity index (χ0) is 20.8. The predicted octanol–water partition coefficient (Wildman–Crippen LogP) is 5.50. The summed E-state index contributed by atoms with van der Waals surface area (Å²) in [6.07, 6.45) is 0.252. The summed E-state index contributed by atoms with van der Waals surface area (Å²) >= 11 is 10.5. The van der Waals surface area contributed by atoms with Crippen LogP contribution in [0.1, 0.15) is 27.7 Å². The maximum atomic E-state index is 12.2. The second-order valence-corrected chi connectivity index (χ2v) is 8.80. The maximum absolute atomic E-state index is 12.2. The van der Waals surface area contributed by atoms with Crippen molar-refractivity contribution in [2.75, 3.05) is 5.32 Å². The molecule has 2 amide bonds. The van der Waals surface area contributed by atoms with Crippen molar-refractivity contribution in [3.05, 3.63) is 85.5 Å². The SMILES string of the molecule is C/C(=N/NC(=O)Cc1ccc(Br)cc1)c1ccc(NC(=O)c2ccc(Cl)s2)cc1. The molecule has 3 rings (SSSR count). The third-order valence-electron chi connectivity index (χ3n) is 3.98. The largest absolute Gasteiger partial charge is 0.321 e. The molecule has 0 saturated heterocycles. The Morgan fingerprint density at radius 3 is 2.34 bits per heavy atom. The van der Waals surface area contributed by atoms with Crippen LogP contribution in [-0.2, 0) is 11.2 Å². The lowest BCUT2D eigenvalue weighted by Crippen LogP contribution is -2.21. The Morgan fingerprint density at radius 2 is 1.72 bits per heavy atom. The van der Waals surface area contributed by atoms with Gasteiger partial charge in [-0.05, 0) is 54.4 Å². The van der Waals surface area contributed by atoms with E-state index >= 15 is 0 Å². The smallest absolute Gasteiger partial charge is 0.265 e. The molecule has 0 aliphatic carbocycles. The van der Waals surface area contributed by atoms with E-state index in [1.165, 1.54) is 11.3 Å². The number of thiophene rings is 1. The Kier molecular flexibility index (Phi) is 7.19. The molecule has 0 unspecified atom stereocenters. The summed E-state index contributed by atoms with van der Waals surface area (Å²) in [5.41, 5.74) is 5.64. The number of benzene rings is 2. The molecule has 0 radical (unpaired) electrons. The molecule has 8 heteroatoms. The zero-order valence-electron chi connectivity index (χ0n) is 15.4. The molecule has 0 aliphatic rings.